The predicted molar refractivity (Wildman–Crippen MR) is 76.4 cm³/mol. The molecular weight excluding hydrogens is 227 g/mol. The van der Waals surface area contributed by atoms with Gasteiger partial charge in [-0.1, -0.05) is 44.2 Å². The Morgan fingerprint density at radius 1 is 1.00 bits per heavy atom. The molecule has 2 rings (SSSR count). The molecule has 0 aliphatic rings. The van der Waals surface area contributed by atoms with Gasteiger partial charge < -0.3 is 4.74 Å². The Hall–Kier alpha value is -1.33. The van der Waals surface area contributed by atoms with Crippen LogP contribution in [0.5, 0.6) is 11.5 Å². The first-order valence-corrected chi connectivity index (χ1v) is 6.37. The summed E-state index contributed by atoms with van der Waals surface area (Å²) in [6.45, 7) is 4.37. The van der Waals surface area contributed by atoms with Crippen molar-refractivity contribution in [3.8, 4) is 11.5 Å². The Labute approximate surface area is 105 Å². The van der Waals surface area contributed by atoms with E-state index in [2.05, 4.69) is 41.3 Å². The van der Waals surface area contributed by atoms with Crippen LogP contribution in [0.3, 0.4) is 0 Å². The maximum absolute atomic E-state index is 5.88. The van der Waals surface area contributed by atoms with Gasteiger partial charge in [-0.25, -0.2) is 0 Å². The van der Waals surface area contributed by atoms with Crippen molar-refractivity contribution in [2.24, 2.45) is 0 Å². The molecule has 0 radical (unpaired) electrons. The molecule has 0 aromatic heterocycles. The average Bonchev–Trinajstić information content (AvgIpc) is 2.33. The minimum Gasteiger partial charge on any atom is -0.457 e. The lowest BCUT2D eigenvalue weighted by atomic mass is 10.0. The van der Waals surface area contributed by atoms with E-state index in [0.29, 0.717) is 5.92 Å². The lowest BCUT2D eigenvalue weighted by molar-refractivity contribution is 0.485. The van der Waals surface area contributed by atoms with Crippen molar-refractivity contribution in [1.82, 2.24) is 0 Å². The normalized spacial score (nSPS) is 10.6. The maximum atomic E-state index is 5.88. The highest BCUT2D eigenvalue weighted by molar-refractivity contribution is 7.27. The number of hydrogen-bond donors (Lipinski definition) is 0. The molecule has 0 saturated carbocycles. The van der Waals surface area contributed by atoms with Crippen LogP contribution in [-0.2, 0) is 0 Å². The van der Waals surface area contributed by atoms with E-state index in [1.807, 2.05) is 30.3 Å². The molecule has 1 unspecified atom stereocenters. The highest BCUT2D eigenvalue weighted by atomic mass is 31.0. The van der Waals surface area contributed by atoms with Gasteiger partial charge in [-0.2, -0.15) is 0 Å². The molecule has 2 aromatic rings. The van der Waals surface area contributed by atoms with Crippen molar-refractivity contribution in [3.63, 3.8) is 0 Å². The van der Waals surface area contributed by atoms with Gasteiger partial charge in [0.05, 0.1) is 0 Å². The third-order valence-corrected chi connectivity index (χ3v) is 3.15. The van der Waals surface area contributed by atoms with Gasteiger partial charge in [-0.05, 0) is 29.7 Å². The molecule has 17 heavy (non-hydrogen) atoms. The summed E-state index contributed by atoms with van der Waals surface area (Å²) in [4.78, 5) is 0. The highest BCUT2D eigenvalue weighted by Gasteiger charge is 2.05. The van der Waals surface area contributed by atoms with Crippen LogP contribution in [0, 0.1) is 0 Å². The molecule has 0 bridgehead atoms. The second-order valence-corrected chi connectivity index (χ2v) is 4.99. The minimum absolute atomic E-state index is 0.513. The summed E-state index contributed by atoms with van der Waals surface area (Å²) in [7, 11) is 2.71. The molecule has 2 heteroatoms. The van der Waals surface area contributed by atoms with Crippen molar-refractivity contribution in [1.29, 1.82) is 0 Å². The van der Waals surface area contributed by atoms with Gasteiger partial charge >= 0.3 is 0 Å². The van der Waals surface area contributed by atoms with Crippen molar-refractivity contribution in [3.05, 3.63) is 54.1 Å². The molecule has 0 aliphatic carbocycles. The third-order valence-electron chi connectivity index (χ3n) is 2.68. The number of para-hydroxylation sites is 1. The predicted octanol–water partition coefficient (Wildman–Crippen LogP) is 4.10. The molecule has 0 heterocycles. The van der Waals surface area contributed by atoms with Crippen molar-refractivity contribution in [2.45, 2.75) is 19.8 Å². The standard InChI is InChI=1S/C15H17OP/c1-11(2)12-8-9-15(17)14(10-12)16-13-6-4-3-5-7-13/h3-11H,17H2,1-2H3. The number of rotatable bonds is 3. The molecule has 0 aliphatic heterocycles. The van der Waals surface area contributed by atoms with E-state index < -0.39 is 0 Å². The summed E-state index contributed by atoms with van der Waals surface area (Å²) in [6, 6.07) is 16.2. The summed E-state index contributed by atoms with van der Waals surface area (Å²) >= 11 is 0. The van der Waals surface area contributed by atoms with Crippen LogP contribution in [-0.4, -0.2) is 0 Å². The fourth-order valence-corrected chi connectivity index (χ4v) is 1.85. The maximum Gasteiger partial charge on any atom is 0.134 e. The molecule has 0 amide bonds. The summed E-state index contributed by atoms with van der Waals surface area (Å²) in [5.74, 6) is 2.29. The minimum atomic E-state index is 0.513. The van der Waals surface area contributed by atoms with E-state index in [0.717, 1.165) is 16.8 Å². The van der Waals surface area contributed by atoms with Gasteiger partial charge in [0, 0.05) is 5.30 Å². The van der Waals surface area contributed by atoms with Gasteiger partial charge in [0.2, 0.25) is 0 Å². The van der Waals surface area contributed by atoms with E-state index in [1.165, 1.54) is 5.56 Å². The Bertz CT molecular complexity index is 492. The molecule has 88 valence electrons. The van der Waals surface area contributed by atoms with Crippen molar-refractivity contribution >= 4 is 14.5 Å². The Kier molecular flexibility index (Phi) is 3.81. The van der Waals surface area contributed by atoms with Crippen LogP contribution < -0.4 is 10.0 Å². The first-order valence-electron chi connectivity index (χ1n) is 5.79. The number of ether oxygens (including phenoxy) is 1. The Balaban J connectivity index is 2.29. The van der Waals surface area contributed by atoms with E-state index in [4.69, 9.17) is 4.74 Å². The van der Waals surface area contributed by atoms with Crippen molar-refractivity contribution in [2.75, 3.05) is 0 Å². The van der Waals surface area contributed by atoms with Crippen LogP contribution in [0.2, 0.25) is 0 Å². The van der Waals surface area contributed by atoms with Gasteiger partial charge in [0.1, 0.15) is 11.5 Å². The fourth-order valence-electron chi connectivity index (χ4n) is 1.61. The zero-order valence-corrected chi connectivity index (χ0v) is 11.3. The van der Waals surface area contributed by atoms with Gasteiger partial charge in [-0.15, -0.1) is 9.24 Å². The third kappa shape index (κ3) is 3.08. The number of hydrogen-bond acceptors (Lipinski definition) is 1. The lowest BCUT2D eigenvalue weighted by Gasteiger charge is -2.12. The van der Waals surface area contributed by atoms with Crippen LogP contribution in [0.25, 0.3) is 0 Å². The average molecular weight is 244 g/mol. The van der Waals surface area contributed by atoms with Crippen molar-refractivity contribution < 1.29 is 4.74 Å². The van der Waals surface area contributed by atoms with E-state index in [1.54, 1.807) is 0 Å². The Morgan fingerprint density at radius 3 is 2.35 bits per heavy atom. The summed E-state index contributed by atoms with van der Waals surface area (Å²) in [6.07, 6.45) is 0. The first-order chi connectivity index (χ1) is 8.16. The van der Waals surface area contributed by atoms with E-state index in [-0.39, 0.29) is 0 Å². The second-order valence-electron chi connectivity index (χ2n) is 4.37. The molecule has 0 saturated heterocycles. The lowest BCUT2D eigenvalue weighted by Crippen LogP contribution is -2.00. The molecule has 2 aromatic carbocycles. The van der Waals surface area contributed by atoms with E-state index in [9.17, 15) is 0 Å². The molecular formula is C15H17OP. The molecule has 0 spiro atoms. The fraction of sp³-hybridized carbons (Fsp3) is 0.200. The number of benzene rings is 2. The van der Waals surface area contributed by atoms with Crippen LogP contribution in [0.15, 0.2) is 48.5 Å². The summed E-state index contributed by atoms with van der Waals surface area (Å²) < 4.78 is 5.88. The van der Waals surface area contributed by atoms with Gasteiger partial charge in [-0.3, -0.25) is 0 Å². The monoisotopic (exact) mass is 244 g/mol. The first kappa shape index (κ1) is 12.1. The SMILES string of the molecule is CC(C)c1ccc(P)c(Oc2ccccc2)c1. The Morgan fingerprint density at radius 2 is 1.71 bits per heavy atom. The van der Waals surface area contributed by atoms with Gasteiger partial charge in [0.25, 0.3) is 0 Å². The molecule has 1 nitrogen and oxygen atoms in total. The van der Waals surface area contributed by atoms with Crippen LogP contribution in [0.4, 0.5) is 0 Å². The second kappa shape index (κ2) is 5.33. The molecule has 1 atom stereocenters. The summed E-state index contributed by atoms with van der Waals surface area (Å²) in [5.41, 5.74) is 1.29. The quantitative estimate of drug-likeness (QED) is 0.738. The molecule has 0 fully saturated rings. The highest BCUT2D eigenvalue weighted by Crippen LogP contribution is 2.24. The van der Waals surface area contributed by atoms with Gasteiger partial charge in [0.15, 0.2) is 0 Å². The topological polar surface area (TPSA) is 9.23 Å². The zero-order chi connectivity index (χ0) is 12.3. The zero-order valence-electron chi connectivity index (χ0n) is 10.2. The van der Waals surface area contributed by atoms with Crippen LogP contribution >= 0.6 is 9.24 Å². The largest absolute Gasteiger partial charge is 0.457 e. The van der Waals surface area contributed by atoms with Crippen LogP contribution in [0.1, 0.15) is 25.3 Å². The summed E-state index contributed by atoms with van der Waals surface area (Å²) in [5, 5.41) is 1.08. The van der Waals surface area contributed by atoms with E-state index >= 15 is 0 Å². The molecule has 0 N–H and O–H groups in total. The smallest absolute Gasteiger partial charge is 0.134 e.